The van der Waals surface area contributed by atoms with Crippen LogP contribution in [-0.4, -0.2) is 16.0 Å². The number of rotatable bonds is 5. The number of aromatic nitrogens is 2. The molecule has 1 aliphatic carbocycles. The van der Waals surface area contributed by atoms with Gasteiger partial charge in [0.05, 0.1) is 12.4 Å². The molecule has 1 N–H and O–H groups in total. The highest BCUT2D eigenvalue weighted by molar-refractivity contribution is 5.34. The van der Waals surface area contributed by atoms with Crippen molar-refractivity contribution < 1.29 is 4.74 Å². The van der Waals surface area contributed by atoms with Gasteiger partial charge in [-0.1, -0.05) is 0 Å². The van der Waals surface area contributed by atoms with E-state index in [0.717, 1.165) is 23.6 Å². The molecular formula is C14H15N3O. The second kappa shape index (κ2) is 5.14. The van der Waals surface area contributed by atoms with E-state index in [2.05, 4.69) is 15.3 Å². The fourth-order valence-corrected chi connectivity index (χ4v) is 1.72. The van der Waals surface area contributed by atoms with E-state index in [4.69, 9.17) is 4.74 Å². The molecule has 0 unspecified atom stereocenters. The van der Waals surface area contributed by atoms with E-state index in [1.54, 1.807) is 24.8 Å². The van der Waals surface area contributed by atoms with Gasteiger partial charge in [0.1, 0.15) is 11.5 Å². The second-order valence-corrected chi connectivity index (χ2v) is 4.43. The van der Waals surface area contributed by atoms with Crippen LogP contribution in [0.25, 0.3) is 0 Å². The Balaban J connectivity index is 1.73. The van der Waals surface area contributed by atoms with Gasteiger partial charge in [0, 0.05) is 30.5 Å². The van der Waals surface area contributed by atoms with Gasteiger partial charge in [0.25, 0.3) is 0 Å². The molecule has 0 aliphatic heterocycles. The highest BCUT2D eigenvalue weighted by Gasteiger charge is 2.20. The molecule has 92 valence electrons. The molecule has 2 aromatic rings. The lowest BCUT2D eigenvalue weighted by atomic mass is 10.2. The predicted molar refractivity (Wildman–Crippen MR) is 68.4 cm³/mol. The minimum atomic E-state index is 0.685. The van der Waals surface area contributed by atoms with Crippen molar-refractivity contribution >= 4 is 0 Å². The Kier molecular flexibility index (Phi) is 3.19. The van der Waals surface area contributed by atoms with Gasteiger partial charge in [-0.15, -0.1) is 0 Å². The molecule has 0 radical (unpaired) electrons. The maximum Gasteiger partial charge on any atom is 0.150 e. The monoisotopic (exact) mass is 241 g/mol. The zero-order valence-electron chi connectivity index (χ0n) is 10.0. The van der Waals surface area contributed by atoms with Crippen LogP contribution in [0.2, 0.25) is 0 Å². The van der Waals surface area contributed by atoms with Crippen molar-refractivity contribution in [3.63, 3.8) is 0 Å². The van der Waals surface area contributed by atoms with E-state index in [9.17, 15) is 0 Å². The number of ether oxygens (including phenoxy) is 1. The van der Waals surface area contributed by atoms with Gasteiger partial charge in [-0.3, -0.25) is 9.97 Å². The van der Waals surface area contributed by atoms with Crippen LogP contribution in [0.5, 0.6) is 11.5 Å². The molecule has 1 aliphatic rings. The molecule has 0 amide bonds. The zero-order chi connectivity index (χ0) is 12.2. The van der Waals surface area contributed by atoms with Crippen molar-refractivity contribution in [3.05, 3.63) is 48.5 Å². The van der Waals surface area contributed by atoms with Crippen LogP contribution in [0.4, 0.5) is 0 Å². The van der Waals surface area contributed by atoms with E-state index in [1.165, 1.54) is 12.8 Å². The van der Waals surface area contributed by atoms with E-state index in [-0.39, 0.29) is 0 Å². The summed E-state index contributed by atoms with van der Waals surface area (Å²) in [5.74, 6) is 1.52. The number of hydrogen-bond donors (Lipinski definition) is 1. The molecule has 4 nitrogen and oxygen atoms in total. The number of hydrogen-bond acceptors (Lipinski definition) is 4. The summed E-state index contributed by atoms with van der Waals surface area (Å²) in [6.07, 6.45) is 9.53. The van der Waals surface area contributed by atoms with Crippen LogP contribution in [0, 0.1) is 0 Å². The van der Waals surface area contributed by atoms with Crippen molar-refractivity contribution in [2.24, 2.45) is 0 Å². The van der Waals surface area contributed by atoms with Crippen molar-refractivity contribution in [2.45, 2.75) is 25.4 Å². The molecule has 3 rings (SSSR count). The Morgan fingerprint density at radius 1 is 1.17 bits per heavy atom. The fraction of sp³-hybridized carbons (Fsp3) is 0.286. The molecule has 0 saturated heterocycles. The van der Waals surface area contributed by atoms with Crippen LogP contribution in [0.3, 0.4) is 0 Å². The molecule has 2 aromatic heterocycles. The summed E-state index contributed by atoms with van der Waals surface area (Å²) in [6, 6.07) is 6.41. The van der Waals surface area contributed by atoms with Gasteiger partial charge in [-0.2, -0.15) is 0 Å². The SMILES string of the molecule is c1cncc(Oc2cnccc2CNC2CC2)c1. The summed E-state index contributed by atoms with van der Waals surface area (Å²) in [6.45, 7) is 0.822. The van der Waals surface area contributed by atoms with E-state index in [1.807, 2.05) is 18.2 Å². The highest BCUT2D eigenvalue weighted by Crippen LogP contribution is 2.25. The number of nitrogens with one attached hydrogen (secondary N) is 1. The third kappa shape index (κ3) is 2.84. The average molecular weight is 241 g/mol. The van der Waals surface area contributed by atoms with Crippen molar-refractivity contribution in [1.29, 1.82) is 0 Å². The average Bonchev–Trinajstić information content (AvgIpc) is 3.23. The topological polar surface area (TPSA) is 47.0 Å². The van der Waals surface area contributed by atoms with E-state index >= 15 is 0 Å². The summed E-state index contributed by atoms with van der Waals surface area (Å²) in [4.78, 5) is 8.14. The Hall–Kier alpha value is -1.94. The van der Waals surface area contributed by atoms with Gasteiger partial charge >= 0.3 is 0 Å². The van der Waals surface area contributed by atoms with Crippen LogP contribution in [0.15, 0.2) is 43.0 Å². The molecule has 0 bridgehead atoms. The smallest absolute Gasteiger partial charge is 0.150 e. The molecule has 4 heteroatoms. The first-order valence-electron chi connectivity index (χ1n) is 6.16. The fourth-order valence-electron chi connectivity index (χ4n) is 1.72. The summed E-state index contributed by atoms with van der Waals surface area (Å²) >= 11 is 0. The molecule has 1 saturated carbocycles. The Morgan fingerprint density at radius 3 is 2.83 bits per heavy atom. The molecule has 0 spiro atoms. The molecular weight excluding hydrogens is 226 g/mol. The standard InChI is InChI=1S/C14H15N3O/c1-2-13(9-15-6-1)18-14-10-16-7-5-11(14)8-17-12-3-4-12/h1-2,5-7,9-10,12,17H,3-4,8H2. The number of nitrogens with zero attached hydrogens (tertiary/aromatic N) is 2. The Labute approximate surface area is 106 Å². The Bertz CT molecular complexity index is 511. The Morgan fingerprint density at radius 2 is 2.06 bits per heavy atom. The molecule has 0 aromatic carbocycles. The lowest BCUT2D eigenvalue weighted by molar-refractivity contribution is 0.468. The van der Waals surface area contributed by atoms with Crippen LogP contribution in [0.1, 0.15) is 18.4 Å². The lowest BCUT2D eigenvalue weighted by Gasteiger charge is -2.10. The van der Waals surface area contributed by atoms with Crippen LogP contribution < -0.4 is 10.1 Å². The molecule has 1 fully saturated rings. The first-order chi connectivity index (χ1) is 8.92. The number of pyridine rings is 2. The minimum Gasteiger partial charge on any atom is -0.454 e. The predicted octanol–water partition coefficient (Wildman–Crippen LogP) is 2.52. The summed E-state index contributed by atoms with van der Waals surface area (Å²) in [7, 11) is 0. The third-order valence-electron chi connectivity index (χ3n) is 2.89. The van der Waals surface area contributed by atoms with Crippen molar-refractivity contribution in [1.82, 2.24) is 15.3 Å². The minimum absolute atomic E-state index is 0.685. The summed E-state index contributed by atoms with van der Waals surface area (Å²) < 4.78 is 5.80. The van der Waals surface area contributed by atoms with Crippen molar-refractivity contribution in [2.75, 3.05) is 0 Å². The van der Waals surface area contributed by atoms with Gasteiger partial charge in [-0.05, 0) is 31.0 Å². The first-order valence-corrected chi connectivity index (χ1v) is 6.16. The zero-order valence-corrected chi connectivity index (χ0v) is 10.0. The van der Waals surface area contributed by atoms with Crippen molar-refractivity contribution in [3.8, 4) is 11.5 Å². The van der Waals surface area contributed by atoms with Crippen LogP contribution in [-0.2, 0) is 6.54 Å². The third-order valence-corrected chi connectivity index (χ3v) is 2.89. The maximum atomic E-state index is 5.80. The molecule has 18 heavy (non-hydrogen) atoms. The highest BCUT2D eigenvalue weighted by atomic mass is 16.5. The molecule has 2 heterocycles. The van der Waals surface area contributed by atoms with Crippen LogP contribution >= 0.6 is 0 Å². The first kappa shape index (κ1) is 11.2. The van der Waals surface area contributed by atoms with Gasteiger partial charge in [0.15, 0.2) is 0 Å². The lowest BCUT2D eigenvalue weighted by Crippen LogP contribution is -2.15. The summed E-state index contributed by atoms with van der Waals surface area (Å²) in [5.41, 5.74) is 1.13. The molecule has 0 atom stereocenters. The summed E-state index contributed by atoms with van der Waals surface area (Å²) in [5, 5.41) is 3.48. The quantitative estimate of drug-likeness (QED) is 0.873. The second-order valence-electron chi connectivity index (χ2n) is 4.43. The normalized spacial score (nSPS) is 14.4. The largest absolute Gasteiger partial charge is 0.454 e. The van der Waals surface area contributed by atoms with Gasteiger partial charge in [0.2, 0.25) is 0 Å². The maximum absolute atomic E-state index is 5.80. The van der Waals surface area contributed by atoms with E-state index < -0.39 is 0 Å². The van der Waals surface area contributed by atoms with E-state index in [0.29, 0.717) is 6.04 Å². The van der Waals surface area contributed by atoms with Gasteiger partial charge < -0.3 is 10.1 Å². The van der Waals surface area contributed by atoms with Gasteiger partial charge in [-0.25, -0.2) is 0 Å².